The van der Waals surface area contributed by atoms with Gasteiger partial charge in [0.1, 0.15) is 0 Å². The highest BCUT2D eigenvalue weighted by Gasteiger charge is 2.31. The van der Waals surface area contributed by atoms with Crippen molar-refractivity contribution in [2.24, 2.45) is 5.92 Å². The van der Waals surface area contributed by atoms with E-state index in [2.05, 4.69) is 41.4 Å². The monoisotopic (exact) mass is 458 g/mol. The zero-order valence-electron chi connectivity index (χ0n) is 18.8. The molecule has 31 heavy (non-hydrogen) atoms. The summed E-state index contributed by atoms with van der Waals surface area (Å²) in [5.41, 5.74) is 2.36. The largest absolute Gasteiger partial charge is 0.379 e. The summed E-state index contributed by atoms with van der Waals surface area (Å²) >= 11 is 3.55. The average Bonchev–Trinajstić information content (AvgIpc) is 3.24. The van der Waals surface area contributed by atoms with E-state index in [1.165, 1.54) is 52.4 Å². The first-order chi connectivity index (χ1) is 15.0. The van der Waals surface area contributed by atoms with Crippen LogP contribution in [0.4, 0.5) is 5.69 Å². The molecule has 0 radical (unpaired) electrons. The van der Waals surface area contributed by atoms with E-state index in [0.29, 0.717) is 12.0 Å². The first-order valence-electron chi connectivity index (χ1n) is 11.6. The number of thiazole rings is 1. The molecular weight excluding hydrogens is 424 g/mol. The molecule has 0 bridgehead atoms. The Morgan fingerprint density at radius 3 is 2.74 bits per heavy atom. The topological polar surface area (TPSA) is 57.3 Å². The molecule has 2 fully saturated rings. The highest BCUT2D eigenvalue weighted by Crippen LogP contribution is 2.40. The van der Waals surface area contributed by atoms with E-state index in [0.717, 1.165) is 25.3 Å². The maximum absolute atomic E-state index is 12.1. The van der Waals surface area contributed by atoms with Crippen LogP contribution < -0.4 is 10.0 Å². The number of amides is 1. The van der Waals surface area contributed by atoms with Crippen LogP contribution in [0.5, 0.6) is 0 Å². The Labute approximate surface area is 194 Å². The Morgan fingerprint density at radius 1 is 1.26 bits per heavy atom. The fourth-order valence-corrected chi connectivity index (χ4v) is 6.32. The van der Waals surface area contributed by atoms with E-state index >= 15 is 0 Å². The second kappa shape index (κ2) is 10.4. The van der Waals surface area contributed by atoms with Crippen molar-refractivity contribution in [2.75, 3.05) is 25.0 Å². The zero-order valence-corrected chi connectivity index (χ0v) is 20.5. The molecule has 0 atom stereocenters. The van der Waals surface area contributed by atoms with Gasteiger partial charge in [0.05, 0.1) is 15.9 Å². The van der Waals surface area contributed by atoms with Crippen LogP contribution in [0.2, 0.25) is 0 Å². The second-order valence-corrected chi connectivity index (χ2v) is 10.9. The number of carbonyl (C=O) groups is 1. The Hall–Kier alpha value is -1.57. The third-order valence-electron chi connectivity index (χ3n) is 6.11. The van der Waals surface area contributed by atoms with Gasteiger partial charge in [0.2, 0.25) is 5.91 Å². The minimum absolute atomic E-state index is 0.0706. The van der Waals surface area contributed by atoms with Gasteiger partial charge in [-0.1, -0.05) is 46.1 Å². The van der Waals surface area contributed by atoms with Gasteiger partial charge in [-0.2, -0.15) is 0 Å². The van der Waals surface area contributed by atoms with Crippen LogP contribution in [-0.2, 0) is 4.79 Å². The number of rotatable bonds is 8. The summed E-state index contributed by atoms with van der Waals surface area (Å²) in [4.78, 5) is 21.3. The number of hydrogen-bond acceptors (Lipinski definition) is 6. The highest BCUT2D eigenvalue weighted by atomic mass is 32.2. The van der Waals surface area contributed by atoms with E-state index in [1.54, 1.807) is 11.9 Å². The smallest absolute Gasteiger partial charge is 0.225 e. The van der Waals surface area contributed by atoms with E-state index in [1.807, 2.05) is 30.1 Å². The lowest BCUT2D eigenvalue weighted by atomic mass is 9.90. The molecule has 4 rings (SSSR count). The lowest BCUT2D eigenvalue weighted by Crippen LogP contribution is -2.57. The third-order valence-corrected chi connectivity index (χ3v) is 8.29. The minimum Gasteiger partial charge on any atom is -0.379 e. The maximum Gasteiger partial charge on any atom is 0.225 e. The van der Waals surface area contributed by atoms with Gasteiger partial charge >= 0.3 is 0 Å². The Kier molecular flexibility index (Phi) is 7.56. The standard InChI is InChI=1S/C24H34N4OS2/c1-4-26-31-21-12-18(27-19-14-28(15-19)24(29)16(2)3)10-11-20(21)22-13-25-23(30-22)17-8-6-5-7-9-17/h10-13,16-17,19,26-27H,4-9,14-15H2,1-3H3. The molecule has 1 aliphatic heterocycles. The van der Waals surface area contributed by atoms with Gasteiger partial charge in [-0.05, 0) is 36.9 Å². The Morgan fingerprint density at radius 2 is 2.03 bits per heavy atom. The zero-order chi connectivity index (χ0) is 21.8. The van der Waals surface area contributed by atoms with Gasteiger partial charge < -0.3 is 10.2 Å². The van der Waals surface area contributed by atoms with Crippen molar-refractivity contribution in [1.29, 1.82) is 0 Å². The Balaban J connectivity index is 1.46. The molecule has 1 amide bonds. The lowest BCUT2D eigenvalue weighted by Gasteiger charge is -2.41. The molecule has 1 aromatic heterocycles. The molecule has 7 heteroatoms. The van der Waals surface area contributed by atoms with Gasteiger partial charge in [-0.25, -0.2) is 4.98 Å². The first-order valence-corrected chi connectivity index (χ1v) is 13.2. The molecule has 1 saturated carbocycles. The van der Waals surface area contributed by atoms with Crippen molar-refractivity contribution in [2.45, 2.75) is 69.7 Å². The predicted octanol–water partition coefficient (Wildman–Crippen LogP) is 5.75. The van der Waals surface area contributed by atoms with Crippen LogP contribution in [0.15, 0.2) is 29.3 Å². The van der Waals surface area contributed by atoms with Gasteiger partial charge in [0.25, 0.3) is 0 Å². The molecule has 1 aliphatic carbocycles. The van der Waals surface area contributed by atoms with Crippen molar-refractivity contribution < 1.29 is 4.79 Å². The maximum atomic E-state index is 12.1. The molecule has 0 spiro atoms. The van der Waals surface area contributed by atoms with E-state index < -0.39 is 0 Å². The number of hydrogen-bond donors (Lipinski definition) is 2. The van der Waals surface area contributed by atoms with Crippen LogP contribution in [0.3, 0.4) is 0 Å². The molecule has 0 unspecified atom stereocenters. The van der Waals surface area contributed by atoms with Crippen molar-refractivity contribution in [1.82, 2.24) is 14.6 Å². The molecule has 5 nitrogen and oxygen atoms in total. The van der Waals surface area contributed by atoms with Crippen LogP contribution in [0.1, 0.15) is 63.8 Å². The molecule has 2 heterocycles. The lowest BCUT2D eigenvalue weighted by molar-refractivity contribution is -0.138. The summed E-state index contributed by atoms with van der Waals surface area (Å²) in [7, 11) is 0. The van der Waals surface area contributed by atoms with E-state index in [9.17, 15) is 4.79 Å². The molecule has 1 saturated heterocycles. The van der Waals surface area contributed by atoms with Gasteiger partial charge in [-0.15, -0.1) is 11.3 Å². The van der Waals surface area contributed by atoms with Gasteiger partial charge in [-0.3, -0.25) is 9.52 Å². The second-order valence-electron chi connectivity index (χ2n) is 8.95. The number of nitrogens with one attached hydrogen (secondary N) is 2. The van der Waals surface area contributed by atoms with Crippen LogP contribution in [0.25, 0.3) is 10.4 Å². The van der Waals surface area contributed by atoms with Crippen molar-refractivity contribution in [3.63, 3.8) is 0 Å². The van der Waals surface area contributed by atoms with Crippen LogP contribution in [-0.4, -0.2) is 41.5 Å². The number of likely N-dealkylation sites (tertiary alicyclic amines) is 1. The SMILES string of the molecule is CCNSc1cc(NC2CN(C(=O)C(C)C)C2)ccc1-c1cnc(C2CCCCC2)s1. The number of benzene rings is 1. The summed E-state index contributed by atoms with van der Waals surface area (Å²) in [6, 6.07) is 6.94. The van der Waals surface area contributed by atoms with Gasteiger partial charge in [0, 0.05) is 53.8 Å². The van der Waals surface area contributed by atoms with Gasteiger partial charge in [0.15, 0.2) is 0 Å². The Bertz CT molecular complexity index is 885. The summed E-state index contributed by atoms with van der Waals surface area (Å²) in [6.07, 6.45) is 8.68. The number of anilines is 1. The molecular formula is C24H34N4OS2. The minimum atomic E-state index is 0.0706. The molecule has 168 valence electrons. The van der Waals surface area contributed by atoms with E-state index in [4.69, 9.17) is 4.98 Å². The fourth-order valence-electron chi connectivity index (χ4n) is 4.35. The van der Waals surface area contributed by atoms with Crippen molar-refractivity contribution in [3.8, 4) is 10.4 Å². The summed E-state index contributed by atoms with van der Waals surface area (Å²) in [6.45, 7) is 8.53. The van der Waals surface area contributed by atoms with Crippen LogP contribution in [0, 0.1) is 5.92 Å². The average molecular weight is 459 g/mol. The summed E-state index contributed by atoms with van der Waals surface area (Å²) < 4.78 is 3.41. The summed E-state index contributed by atoms with van der Waals surface area (Å²) in [5.74, 6) is 0.963. The number of aromatic nitrogens is 1. The molecule has 1 aromatic carbocycles. The van der Waals surface area contributed by atoms with Crippen molar-refractivity contribution in [3.05, 3.63) is 29.4 Å². The van der Waals surface area contributed by atoms with E-state index in [-0.39, 0.29) is 11.8 Å². The van der Waals surface area contributed by atoms with Crippen LogP contribution >= 0.6 is 23.3 Å². The number of nitrogens with zero attached hydrogens (tertiary/aromatic N) is 2. The quantitative estimate of drug-likeness (QED) is 0.493. The normalized spacial score (nSPS) is 17.7. The predicted molar refractivity (Wildman–Crippen MR) is 132 cm³/mol. The fraction of sp³-hybridized carbons (Fsp3) is 0.583. The highest BCUT2D eigenvalue weighted by molar-refractivity contribution is 7.97. The molecule has 2 aromatic rings. The first kappa shape index (κ1) is 22.6. The summed E-state index contributed by atoms with van der Waals surface area (Å²) in [5, 5.41) is 4.91. The molecule has 2 N–H and O–H groups in total. The number of carbonyl (C=O) groups excluding carboxylic acids is 1. The van der Waals surface area contributed by atoms with Crippen molar-refractivity contribution >= 4 is 34.9 Å². The molecule has 2 aliphatic rings. The third kappa shape index (κ3) is 5.44.